The molecule has 5 nitrogen and oxygen atoms in total. The summed E-state index contributed by atoms with van der Waals surface area (Å²) < 4.78 is 10.6. The Morgan fingerprint density at radius 2 is 1.90 bits per heavy atom. The Kier molecular flexibility index (Phi) is 9.01. The van der Waals surface area contributed by atoms with Crippen molar-refractivity contribution < 1.29 is 19.7 Å². The van der Waals surface area contributed by atoms with E-state index in [-0.39, 0.29) is 13.2 Å². The lowest BCUT2D eigenvalue weighted by Crippen LogP contribution is -2.37. The molecule has 2 N–H and O–H groups in total. The zero-order valence-electron chi connectivity index (χ0n) is 13.0. The fourth-order valence-corrected chi connectivity index (χ4v) is 2.14. The predicted octanol–water partition coefficient (Wildman–Crippen LogP) is 1.28. The van der Waals surface area contributed by atoms with E-state index in [4.69, 9.17) is 14.6 Å². The molecule has 5 heteroatoms. The minimum absolute atomic E-state index is 0.111. The molecule has 0 amide bonds. The van der Waals surface area contributed by atoms with Gasteiger partial charge in [-0.2, -0.15) is 0 Å². The first-order chi connectivity index (χ1) is 10.2. The highest BCUT2D eigenvalue weighted by Gasteiger charge is 2.11. The molecule has 0 radical (unpaired) electrons. The number of nitrogens with zero attached hydrogens (tertiary/aromatic N) is 1. The van der Waals surface area contributed by atoms with Gasteiger partial charge in [-0.1, -0.05) is 19.1 Å². The monoisotopic (exact) mass is 297 g/mol. The SMILES string of the molecule is CCCN(CCO)C[C@@H](O)COCc1ccc(OC)cc1. The molecule has 0 heterocycles. The van der Waals surface area contributed by atoms with Crippen molar-refractivity contribution in [2.45, 2.75) is 26.1 Å². The molecule has 0 bridgehead atoms. The van der Waals surface area contributed by atoms with Gasteiger partial charge in [-0.15, -0.1) is 0 Å². The van der Waals surface area contributed by atoms with Gasteiger partial charge in [0.2, 0.25) is 0 Å². The predicted molar refractivity (Wildman–Crippen MR) is 82.5 cm³/mol. The molecule has 0 aliphatic rings. The third-order valence-electron chi connectivity index (χ3n) is 3.16. The first-order valence-electron chi connectivity index (χ1n) is 7.41. The summed E-state index contributed by atoms with van der Waals surface area (Å²) in [5, 5.41) is 18.9. The number of hydrogen-bond donors (Lipinski definition) is 2. The number of ether oxygens (including phenoxy) is 2. The van der Waals surface area contributed by atoms with Gasteiger partial charge >= 0.3 is 0 Å². The van der Waals surface area contributed by atoms with Crippen LogP contribution >= 0.6 is 0 Å². The molecule has 1 aromatic carbocycles. The average molecular weight is 297 g/mol. The van der Waals surface area contributed by atoms with E-state index in [2.05, 4.69) is 6.92 Å². The van der Waals surface area contributed by atoms with E-state index in [0.29, 0.717) is 19.7 Å². The lowest BCUT2D eigenvalue weighted by atomic mass is 10.2. The molecule has 1 atom stereocenters. The summed E-state index contributed by atoms with van der Waals surface area (Å²) in [6, 6.07) is 7.67. The molecule has 120 valence electrons. The molecular formula is C16H27NO4. The van der Waals surface area contributed by atoms with Gasteiger partial charge in [-0.3, -0.25) is 4.90 Å². The second-order valence-corrected chi connectivity index (χ2v) is 5.04. The molecule has 0 aliphatic heterocycles. The van der Waals surface area contributed by atoms with Gasteiger partial charge in [0.15, 0.2) is 0 Å². The van der Waals surface area contributed by atoms with Crippen LogP contribution < -0.4 is 4.74 Å². The van der Waals surface area contributed by atoms with Gasteiger partial charge in [0.25, 0.3) is 0 Å². The first kappa shape index (κ1) is 17.9. The molecule has 1 rings (SSSR count). The van der Waals surface area contributed by atoms with Crippen LogP contribution in [0.1, 0.15) is 18.9 Å². The molecule has 21 heavy (non-hydrogen) atoms. The normalized spacial score (nSPS) is 12.6. The van der Waals surface area contributed by atoms with Crippen molar-refractivity contribution in [1.29, 1.82) is 0 Å². The fraction of sp³-hybridized carbons (Fsp3) is 0.625. The minimum Gasteiger partial charge on any atom is -0.497 e. The van der Waals surface area contributed by atoms with Crippen molar-refractivity contribution >= 4 is 0 Å². The number of hydrogen-bond acceptors (Lipinski definition) is 5. The summed E-state index contributed by atoms with van der Waals surface area (Å²) in [5.41, 5.74) is 1.05. The summed E-state index contributed by atoms with van der Waals surface area (Å²) in [4.78, 5) is 2.04. The Labute approximate surface area is 127 Å². The highest BCUT2D eigenvalue weighted by atomic mass is 16.5. The number of methoxy groups -OCH3 is 1. The smallest absolute Gasteiger partial charge is 0.118 e. The Morgan fingerprint density at radius 3 is 2.48 bits per heavy atom. The third-order valence-corrected chi connectivity index (χ3v) is 3.16. The molecule has 0 spiro atoms. The van der Waals surface area contributed by atoms with Crippen LogP contribution in [0.2, 0.25) is 0 Å². The molecule has 0 unspecified atom stereocenters. The summed E-state index contributed by atoms with van der Waals surface area (Å²) in [6.45, 7) is 4.93. The second-order valence-electron chi connectivity index (χ2n) is 5.04. The van der Waals surface area contributed by atoms with E-state index < -0.39 is 6.10 Å². The summed E-state index contributed by atoms with van der Waals surface area (Å²) in [6.07, 6.45) is 0.459. The van der Waals surface area contributed by atoms with Crippen LogP contribution in [-0.2, 0) is 11.3 Å². The van der Waals surface area contributed by atoms with Gasteiger partial charge in [0.1, 0.15) is 5.75 Å². The number of aliphatic hydroxyl groups is 2. The highest BCUT2D eigenvalue weighted by Crippen LogP contribution is 2.12. The third kappa shape index (κ3) is 7.43. The van der Waals surface area contributed by atoms with Crippen molar-refractivity contribution in [2.75, 3.05) is 40.0 Å². The molecule has 1 aromatic rings. The quantitative estimate of drug-likeness (QED) is 0.644. The number of aliphatic hydroxyl groups excluding tert-OH is 2. The Balaban J connectivity index is 2.26. The summed E-state index contributed by atoms with van der Waals surface area (Å²) in [7, 11) is 1.64. The molecular weight excluding hydrogens is 270 g/mol. The van der Waals surface area contributed by atoms with E-state index >= 15 is 0 Å². The van der Waals surface area contributed by atoms with Crippen LogP contribution in [-0.4, -0.2) is 61.2 Å². The summed E-state index contributed by atoms with van der Waals surface area (Å²) >= 11 is 0. The molecule has 0 fully saturated rings. The van der Waals surface area contributed by atoms with E-state index in [1.54, 1.807) is 7.11 Å². The van der Waals surface area contributed by atoms with E-state index in [9.17, 15) is 5.11 Å². The zero-order valence-corrected chi connectivity index (χ0v) is 13.0. The highest BCUT2D eigenvalue weighted by molar-refractivity contribution is 5.26. The van der Waals surface area contributed by atoms with Crippen molar-refractivity contribution in [1.82, 2.24) is 4.90 Å². The lowest BCUT2D eigenvalue weighted by Gasteiger charge is -2.23. The number of benzene rings is 1. The molecule has 0 aromatic heterocycles. The Morgan fingerprint density at radius 1 is 1.19 bits per heavy atom. The standard InChI is InChI=1S/C16H27NO4/c1-3-8-17(9-10-18)11-15(19)13-21-12-14-4-6-16(20-2)7-5-14/h4-7,15,18-19H,3,8-13H2,1-2H3/t15-/m1/s1. The number of rotatable bonds is 11. The van der Waals surface area contributed by atoms with Crippen molar-refractivity contribution in [3.05, 3.63) is 29.8 Å². The van der Waals surface area contributed by atoms with Crippen LogP contribution in [0.5, 0.6) is 5.75 Å². The van der Waals surface area contributed by atoms with E-state index in [0.717, 1.165) is 24.3 Å². The largest absolute Gasteiger partial charge is 0.497 e. The van der Waals surface area contributed by atoms with Crippen LogP contribution in [0.15, 0.2) is 24.3 Å². The Bertz CT molecular complexity index is 363. The second kappa shape index (κ2) is 10.6. The van der Waals surface area contributed by atoms with E-state index in [1.807, 2.05) is 29.2 Å². The van der Waals surface area contributed by atoms with Gasteiger partial charge < -0.3 is 19.7 Å². The fourth-order valence-electron chi connectivity index (χ4n) is 2.14. The maximum atomic E-state index is 9.96. The first-order valence-corrected chi connectivity index (χ1v) is 7.41. The maximum absolute atomic E-state index is 9.96. The maximum Gasteiger partial charge on any atom is 0.118 e. The van der Waals surface area contributed by atoms with Crippen LogP contribution in [0, 0.1) is 0 Å². The van der Waals surface area contributed by atoms with Gasteiger partial charge in [0, 0.05) is 13.1 Å². The average Bonchev–Trinajstić information content (AvgIpc) is 2.48. The molecule has 0 saturated carbocycles. The van der Waals surface area contributed by atoms with Crippen LogP contribution in [0.4, 0.5) is 0 Å². The van der Waals surface area contributed by atoms with E-state index in [1.165, 1.54) is 0 Å². The minimum atomic E-state index is -0.540. The zero-order chi connectivity index (χ0) is 15.5. The van der Waals surface area contributed by atoms with Gasteiger partial charge in [-0.05, 0) is 30.7 Å². The topological polar surface area (TPSA) is 62.2 Å². The van der Waals surface area contributed by atoms with Gasteiger partial charge in [0.05, 0.1) is 33.0 Å². The van der Waals surface area contributed by atoms with Crippen molar-refractivity contribution in [3.8, 4) is 5.75 Å². The molecule has 0 saturated heterocycles. The Hall–Kier alpha value is -1.14. The summed E-state index contributed by atoms with van der Waals surface area (Å²) in [5.74, 6) is 0.818. The van der Waals surface area contributed by atoms with Crippen molar-refractivity contribution in [2.24, 2.45) is 0 Å². The lowest BCUT2D eigenvalue weighted by molar-refractivity contribution is 0.00766. The van der Waals surface area contributed by atoms with Gasteiger partial charge in [-0.25, -0.2) is 0 Å². The molecule has 0 aliphatic carbocycles. The van der Waals surface area contributed by atoms with Crippen LogP contribution in [0.3, 0.4) is 0 Å². The van der Waals surface area contributed by atoms with Crippen LogP contribution in [0.25, 0.3) is 0 Å². The van der Waals surface area contributed by atoms with Crippen molar-refractivity contribution in [3.63, 3.8) is 0 Å².